The predicted molar refractivity (Wildman–Crippen MR) is 92.7 cm³/mol. The van der Waals surface area contributed by atoms with E-state index in [-0.39, 0.29) is 12.5 Å². The molecule has 0 aromatic heterocycles. The molecule has 0 aliphatic heterocycles. The molecule has 0 bridgehead atoms. The number of nitrogens with zero attached hydrogens (tertiary/aromatic N) is 1. The molecule has 0 radical (unpaired) electrons. The number of hydrazone groups is 1. The highest BCUT2D eigenvalue weighted by molar-refractivity contribution is 5.87. The molecule has 1 aliphatic carbocycles. The fraction of sp³-hybridized carbons (Fsp3) is 0.368. The third-order valence-electron chi connectivity index (χ3n) is 4.18. The molecule has 1 N–H and O–H groups in total. The van der Waals surface area contributed by atoms with E-state index in [2.05, 4.69) is 17.5 Å². The van der Waals surface area contributed by atoms with Gasteiger partial charge in [0.05, 0.1) is 0 Å². The molecule has 0 unspecified atom stereocenters. The van der Waals surface area contributed by atoms with Crippen LogP contribution >= 0.6 is 0 Å². The van der Waals surface area contributed by atoms with Gasteiger partial charge in [-0.05, 0) is 54.5 Å². The van der Waals surface area contributed by atoms with Crippen molar-refractivity contribution in [3.8, 4) is 5.75 Å². The van der Waals surface area contributed by atoms with Crippen LogP contribution in [0.1, 0.15) is 32.6 Å². The van der Waals surface area contributed by atoms with E-state index in [0.717, 1.165) is 35.7 Å². The Morgan fingerprint density at radius 1 is 1.26 bits per heavy atom. The summed E-state index contributed by atoms with van der Waals surface area (Å²) in [6.45, 7) is 2.20. The van der Waals surface area contributed by atoms with Gasteiger partial charge in [0, 0.05) is 5.71 Å². The summed E-state index contributed by atoms with van der Waals surface area (Å²) >= 11 is 0. The minimum Gasteiger partial charge on any atom is -0.484 e. The van der Waals surface area contributed by atoms with E-state index in [9.17, 15) is 4.79 Å². The van der Waals surface area contributed by atoms with Gasteiger partial charge >= 0.3 is 0 Å². The lowest BCUT2D eigenvalue weighted by molar-refractivity contribution is -0.123. The number of amides is 1. The number of rotatable bonds is 4. The zero-order valence-electron chi connectivity index (χ0n) is 13.4. The Kier molecular flexibility index (Phi) is 4.91. The second kappa shape index (κ2) is 7.27. The highest BCUT2D eigenvalue weighted by atomic mass is 16.5. The number of carbonyl (C=O) groups excluding carboxylic acids is 1. The molecule has 1 fully saturated rings. The van der Waals surface area contributed by atoms with Crippen LogP contribution < -0.4 is 10.2 Å². The summed E-state index contributed by atoms with van der Waals surface area (Å²) in [6.07, 6.45) is 4.36. The lowest BCUT2D eigenvalue weighted by Crippen LogP contribution is -2.27. The minimum atomic E-state index is -0.219. The third kappa shape index (κ3) is 4.31. The second-order valence-corrected chi connectivity index (χ2v) is 6.21. The van der Waals surface area contributed by atoms with Gasteiger partial charge in [0.2, 0.25) is 0 Å². The fourth-order valence-corrected chi connectivity index (χ4v) is 2.94. The zero-order chi connectivity index (χ0) is 16.1. The number of hydrogen-bond acceptors (Lipinski definition) is 3. The monoisotopic (exact) mass is 310 g/mol. The Labute approximate surface area is 136 Å². The summed E-state index contributed by atoms with van der Waals surface area (Å²) in [5.74, 6) is 1.13. The molecule has 1 saturated carbocycles. The molecule has 0 heterocycles. The molecule has 4 nitrogen and oxygen atoms in total. The number of nitrogens with one attached hydrogen (secondary N) is 1. The van der Waals surface area contributed by atoms with Crippen LogP contribution in [0.5, 0.6) is 5.75 Å². The highest BCUT2D eigenvalue weighted by Crippen LogP contribution is 2.21. The number of ether oxygens (including phenoxy) is 1. The molecule has 2 aromatic rings. The molecule has 0 spiro atoms. The SMILES string of the molecule is C[C@@H]1CCC/C(=N/NC(=O)COc2ccc3ccccc3c2)C1. The molecular formula is C19H22N2O2. The molecular weight excluding hydrogens is 288 g/mol. The zero-order valence-corrected chi connectivity index (χ0v) is 13.4. The van der Waals surface area contributed by atoms with Gasteiger partial charge in [0.15, 0.2) is 6.61 Å². The lowest BCUT2D eigenvalue weighted by atomic mass is 9.89. The molecule has 120 valence electrons. The van der Waals surface area contributed by atoms with E-state index in [1.54, 1.807) is 0 Å². The summed E-state index contributed by atoms with van der Waals surface area (Å²) in [5.41, 5.74) is 3.69. The van der Waals surface area contributed by atoms with Crippen LogP contribution in [0.15, 0.2) is 47.6 Å². The number of hydrogen-bond donors (Lipinski definition) is 1. The molecule has 1 atom stereocenters. The maximum atomic E-state index is 11.9. The van der Waals surface area contributed by atoms with Gasteiger partial charge in [-0.15, -0.1) is 0 Å². The van der Waals surface area contributed by atoms with E-state index in [1.807, 2.05) is 42.5 Å². The first-order valence-electron chi connectivity index (χ1n) is 8.16. The smallest absolute Gasteiger partial charge is 0.277 e. The molecule has 1 amide bonds. The van der Waals surface area contributed by atoms with Gasteiger partial charge in [-0.2, -0.15) is 5.10 Å². The van der Waals surface area contributed by atoms with E-state index in [0.29, 0.717) is 11.7 Å². The van der Waals surface area contributed by atoms with Crippen molar-refractivity contribution >= 4 is 22.4 Å². The summed E-state index contributed by atoms with van der Waals surface area (Å²) in [7, 11) is 0. The first kappa shape index (κ1) is 15.5. The molecule has 3 rings (SSSR count). The number of fused-ring (bicyclic) bond motifs is 1. The van der Waals surface area contributed by atoms with Crippen molar-refractivity contribution in [3.63, 3.8) is 0 Å². The number of carbonyl (C=O) groups is 1. The van der Waals surface area contributed by atoms with Crippen LogP contribution in [-0.4, -0.2) is 18.2 Å². The van der Waals surface area contributed by atoms with Gasteiger partial charge in [0.25, 0.3) is 5.91 Å². The van der Waals surface area contributed by atoms with E-state index < -0.39 is 0 Å². The van der Waals surface area contributed by atoms with Crippen LogP contribution in [0.4, 0.5) is 0 Å². The van der Waals surface area contributed by atoms with Crippen LogP contribution in [0.2, 0.25) is 0 Å². The molecule has 23 heavy (non-hydrogen) atoms. The fourth-order valence-electron chi connectivity index (χ4n) is 2.94. The van der Waals surface area contributed by atoms with E-state index >= 15 is 0 Å². The summed E-state index contributed by atoms with van der Waals surface area (Å²) in [6, 6.07) is 13.9. The van der Waals surface area contributed by atoms with Crippen LogP contribution in [0.25, 0.3) is 10.8 Å². The van der Waals surface area contributed by atoms with E-state index in [1.165, 1.54) is 6.42 Å². The third-order valence-corrected chi connectivity index (χ3v) is 4.18. The van der Waals surface area contributed by atoms with Crippen molar-refractivity contribution in [3.05, 3.63) is 42.5 Å². The van der Waals surface area contributed by atoms with Crippen molar-refractivity contribution < 1.29 is 9.53 Å². The molecule has 1 aliphatic rings. The van der Waals surface area contributed by atoms with Gasteiger partial charge in [0.1, 0.15) is 5.75 Å². The van der Waals surface area contributed by atoms with Crippen molar-refractivity contribution in [1.82, 2.24) is 5.43 Å². The molecule has 4 heteroatoms. The first-order chi connectivity index (χ1) is 11.2. The Balaban J connectivity index is 1.52. The summed E-state index contributed by atoms with van der Waals surface area (Å²) in [4.78, 5) is 11.9. The Morgan fingerprint density at radius 3 is 2.91 bits per heavy atom. The van der Waals surface area contributed by atoms with Gasteiger partial charge < -0.3 is 4.74 Å². The van der Waals surface area contributed by atoms with Gasteiger partial charge in [-0.3, -0.25) is 4.79 Å². The topological polar surface area (TPSA) is 50.7 Å². The Bertz CT molecular complexity index is 724. The maximum absolute atomic E-state index is 11.9. The minimum absolute atomic E-state index is 0.0231. The Morgan fingerprint density at radius 2 is 2.09 bits per heavy atom. The van der Waals surface area contributed by atoms with Crippen LogP contribution in [0.3, 0.4) is 0 Å². The summed E-state index contributed by atoms with van der Waals surface area (Å²) in [5, 5.41) is 6.49. The Hall–Kier alpha value is -2.36. The van der Waals surface area contributed by atoms with E-state index in [4.69, 9.17) is 4.74 Å². The first-order valence-corrected chi connectivity index (χ1v) is 8.16. The van der Waals surface area contributed by atoms with Gasteiger partial charge in [-0.1, -0.05) is 37.3 Å². The predicted octanol–water partition coefficient (Wildman–Crippen LogP) is 3.90. The van der Waals surface area contributed by atoms with Crippen molar-refractivity contribution in [2.75, 3.05) is 6.61 Å². The van der Waals surface area contributed by atoms with Crippen molar-refractivity contribution in [2.24, 2.45) is 11.0 Å². The average molecular weight is 310 g/mol. The number of benzene rings is 2. The normalized spacial score (nSPS) is 19.7. The standard InChI is InChI=1S/C19H22N2O2/c1-14-5-4-8-17(11-14)20-21-19(22)13-23-18-10-9-15-6-2-3-7-16(15)12-18/h2-3,6-7,9-10,12,14H,4-5,8,11,13H2,1H3,(H,21,22)/b20-17-/t14-/m1/s1. The molecule has 2 aromatic carbocycles. The average Bonchev–Trinajstić information content (AvgIpc) is 2.58. The van der Waals surface area contributed by atoms with Crippen LogP contribution in [-0.2, 0) is 4.79 Å². The van der Waals surface area contributed by atoms with Crippen molar-refractivity contribution in [2.45, 2.75) is 32.6 Å². The lowest BCUT2D eigenvalue weighted by Gasteiger charge is -2.18. The largest absolute Gasteiger partial charge is 0.484 e. The quantitative estimate of drug-likeness (QED) is 0.871. The highest BCUT2D eigenvalue weighted by Gasteiger charge is 2.14. The maximum Gasteiger partial charge on any atom is 0.277 e. The van der Waals surface area contributed by atoms with Crippen molar-refractivity contribution in [1.29, 1.82) is 0 Å². The van der Waals surface area contributed by atoms with Gasteiger partial charge in [-0.25, -0.2) is 5.43 Å². The molecule has 0 saturated heterocycles. The summed E-state index contributed by atoms with van der Waals surface area (Å²) < 4.78 is 5.56. The van der Waals surface area contributed by atoms with Crippen LogP contribution in [0, 0.1) is 5.92 Å². The second-order valence-electron chi connectivity index (χ2n) is 6.21.